The van der Waals surface area contributed by atoms with Gasteiger partial charge >= 0.3 is 12.0 Å². The Bertz CT molecular complexity index is 832. The van der Waals surface area contributed by atoms with Gasteiger partial charge in [0.1, 0.15) is 5.82 Å². The molecule has 0 aliphatic carbocycles. The average molecular weight is 431 g/mol. The standard InChI is InChI=1S/C23H31FN4O3/c1-4-11-28-19(16-27-14-12-26(5-2)13-15-27)20(22(29)31-6-3)21(25-23(28)30)17-7-9-18(24)10-8-17/h4,7-10,21H,1,5-6,11-16H2,2-3H3,(H,25,30). The Labute approximate surface area is 183 Å². The summed E-state index contributed by atoms with van der Waals surface area (Å²) in [5.74, 6) is -0.858. The molecule has 1 aromatic carbocycles. The van der Waals surface area contributed by atoms with Gasteiger partial charge in [0.25, 0.3) is 0 Å². The maximum absolute atomic E-state index is 13.5. The van der Waals surface area contributed by atoms with Crippen LogP contribution in [0.2, 0.25) is 0 Å². The Kier molecular flexibility index (Phi) is 7.81. The maximum atomic E-state index is 13.5. The number of urea groups is 1. The molecule has 1 saturated heterocycles. The number of piperazine rings is 1. The van der Waals surface area contributed by atoms with Crippen LogP contribution in [0.1, 0.15) is 25.5 Å². The van der Waals surface area contributed by atoms with Gasteiger partial charge < -0.3 is 15.0 Å². The maximum Gasteiger partial charge on any atom is 0.338 e. The van der Waals surface area contributed by atoms with Gasteiger partial charge in [0, 0.05) is 45.0 Å². The fourth-order valence-corrected chi connectivity index (χ4v) is 4.03. The average Bonchev–Trinajstić information content (AvgIpc) is 2.77. The number of hydrogen-bond acceptors (Lipinski definition) is 5. The molecule has 31 heavy (non-hydrogen) atoms. The summed E-state index contributed by atoms with van der Waals surface area (Å²) >= 11 is 0. The highest BCUT2D eigenvalue weighted by atomic mass is 19.1. The first-order valence-electron chi connectivity index (χ1n) is 10.8. The molecule has 2 amide bonds. The summed E-state index contributed by atoms with van der Waals surface area (Å²) in [6.07, 6.45) is 1.63. The number of amides is 2. The van der Waals surface area contributed by atoms with Crippen molar-refractivity contribution in [1.82, 2.24) is 20.0 Å². The van der Waals surface area contributed by atoms with Crippen LogP contribution >= 0.6 is 0 Å². The Hall–Kier alpha value is -2.71. The van der Waals surface area contributed by atoms with Crippen LogP contribution in [-0.2, 0) is 9.53 Å². The normalized spacial score (nSPS) is 20.5. The minimum Gasteiger partial charge on any atom is -0.463 e. The van der Waals surface area contributed by atoms with Crippen LogP contribution in [0, 0.1) is 5.82 Å². The summed E-state index contributed by atoms with van der Waals surface area (Å²) in [5, 5.41) is 2.89. The molecular weight excluding hydrogens is 399 g/mol. The van der Waals surface area contributed by atoms with Gasteiger partial charge in [-0.3, -0.25) is 9.80 Å². The summed E-state index contributed by atoms with van der Waals surface area (Å²) in [4.78, 5) is 32.2. The first-order chi connectivity index (χ1) is 15.0. The first kappa shape index (κ1) is 23.0. The number of carbonyl (C=O) groups is 2. The number of nitrogens with one attached hydrogen (secondary N) is 1. The molecule has 3 rings (SSSR count). The number of benzene rings is 1. The van der Waals surface area contributed by atoms with Crippen molar-refractivity contribution in [2.45, 2.75) is 19.9 Å². The number of rotatable bonds is 8. The van der Waals surface area contributed by atoms with Gasteiger partial charge in [-0.05, 0) is 31.2 Å². The third-order valence-corrected chi connectivity index (χ3v) is 5.73. The van der Waals surface area contributed by atoms with Gasteiger partial charge in [-0.15, -0.1) is 6.58 Å². The van der Waals surface area contributed by atoms with E-state index < -0.39 is 12.0 Å². The molecule has 2 aliphatic rings. The van der Waals surface area contributed by atoms with Gasteiger partial charge in [-0.1, -0.05) is 25.1 Å². The summed E-state index contributed by atoms with van der Waals surface area (Å²) in [5.41, 5.74) is 1.62. The SMILES string of the molecule is C=CCN1C(=O)NC(c2ccc(F)cc2)C(C(=O)OCC)=C1CN1CCN(CC)CC1. The van der Waals surface area contributed by atoms with Crippen LogP contribution in [0.4, 0.5) is 9.18 Å². The molecule has 0 aromatic heterocycles. The predicted molar refractivity (Wildman–Crippen MR) is 117 cm³/mol. The molecule has 0 spiro atoms. The van der Waals surface area contributed by atoms with Crippen molar-refractivity contribution in [3.63, 3.8) is 0 Å². The van der Waals surface area contributed by atoms with E-state index in [1.807, 2.05) is 0 Å². The van der Waals surface area contributed by atoms with Crippen LogP contribution in [-0.4, -0.2) is 79.1 Å². The highest BCUT2D eigenvalue weighted by Gasteiger charge is 2.38. The van der Waals surface area contributed by atoms with E-state index in [1.54, 1.807) is 30.0 Å². The minimum atomic E-state index is -0.708. The number of nitrogens with zero attached hydrogens (tertiary/aromatic N) is 3. The van der Waals surface area contributed by atoms with Crippen molar-refractivity contribution in [1.29, 1.82) is 0 Å². The molecule has 1 fully saturated rings. The lowest BCUT2D eigenvalue weighted by atomic mass is 9.94. The van der Waals surface area contributed by atoms with E-state index in [0.29, 0.717) is 23.4 Å². The molecule has 1 atom stereocenters. The van der Waals surface area contributed by atoms with Crippen LogP contribution in [0.5, 0.6) is 0 Å². The molecule has 1 unspecified atom stereocenters. The highest BCUT2D eigenvalue weighted by molar-refractivity contribution is 5.95. The second kappa shape index (κ2) is 10.5. The van der Waals surface area contributed by atoms with E-state index in [-0.39, 0.29) is 25.0 Å². The Morgan fingerprint density at radius 2 is 1.84 bits per heavy atom. The van der Waals surface area contributed by atoms with E-state index in [2.05, 4.69) is 28.6 Å². The molecule has 0 saturated carbocycles. The van der Waals surface area contributed by atoms with E-state index in [0.717, 1.165) is 32.7 Å². The van der Waals surface area contributed by atoms with Gasteiger partial charge in [0.15, 0.2) is 0 Å². The Balaban J connectivity index is 2.03. The lowest BCUT2D eigenvalue weighted by Crippen LogP contribution is -2.53. The zero-order chi connectivity index (χ0) is 22.4. The van der Waals surface area contributed by atoms with Gasteiger partial charge in [-0.2, -0.15) is 0 Å². The van der Waals surface area contributed by atoms with Crippen molar-refractivity contribution in [3.05, 3.63) is 59.6 Å². The molecular formula is C23H31FN4O3. The lowest BCUT2D eigenvalue weighted by molar-refractivity contribution is -0.139. The number of likely N-dealkylation sites (N-methyl/N-ethyl adjacent to an activating group) is 1. The number of hydrogen-bond donors (Lipinski definition) is 1. The van der Waals surface area contributed by atoms with Crippen LogP contribution < -0.4 is 5.32 Å². The number of ether oxygens (including phenoxy) is 1. The third-order valence-electron chi connectivity index (χ3n) is 5.73. The van der Waals surface area contributed by atoms with Gasteiger partial charge in [0.05, 0.1) is 18.2 Å². The first-order valence-corrected chi connectivity index (χ1v) is 10.8. The predicted octanol–water partition coefficient (Wildman–Crippen LogP) is 2.53. The highest BCUT2D eigenvalue weighted by Crippen LogP contribution is 2.32. The quantitative estimate of drug-likeness (QED) is 0.507. The molecule has 1 N–H and O–H groups in total. The molecule has 0 bridgehead atoms. The van der Waals surface area contributed by atoms with E-state index in [4.69, 9.17) is 4.74 Å². The van der Waals surface area contributed by atoms with Crippen LogP contribution in [0.25, 0.3) is 0 Å². The monoisotopic (exact) mass is 430 g/mol. The summed E-state index contributed by atoms with van der Waals surface area (Å²) in [7, 11) is 0. The fourth-order valence-electron chi connectivity index (χ4n) is 4.03. The molecule has 7 nitrogen and oxygen atoms in total. The van der Waals surface area contributed by atoms with Crippen molar-refractivity contribution < 1.29 is 18.7 Å². The summed E-state index contributed by atoms with van der Waals surface area (Å²) in [6, 6.07) is 4.79. The molecule has 8 heteroatoms. The van der Waals surface area contributed by atoms with Crippen LogP contribution in [0.15, 0.2) is 48.2 Å². The molecule has 2 heterocycles. The zero-order valence-electron chi connectivity index (χ0n) is 18.3. The second-order valence-corrected chi connectivity index (χ2v) is 7.62. The van der Waals surface area contributed by atoms with Gasteiger partial charge in [0.2, 0.25) is 0 Å². The van der Waals surface area contributed by atoms with Crippen molar-refractivity contribution in [3.8, 4) is 0 Å². The van der Waals surface area contributed by atoms with E-state index >= 15 is 0 Å². The lowest BCUT2D eigenvalue weighted by Gasteiger charge is -2.40. The van der Waals surface area contributed by atoms with E-state index in [9.17, 15) is 14.0 Å². The van der Waals surface area contributed by atoms with E-state index in [1.165, 1.54) is 12.1 Å². The molecule has 2 aliphatic heterocycles. The Morgan fingerprint density at radius 3 is 2.42 bits per heavy atom. The molecule has 0 radical (unpaired) electrons. The third kappa shape index (κ3) is 5.32. The van der Waals surface area contributed by atoms with Crippen molar-refractivity contribution in [2.24, 2.45) is 0 Å². The molecule has 168 valence electrons. The van der Waals surface area contributed by atoms with Crippen LogP contribution in [0.3, 0.4) is 0 Å². The van der Waals surface area contributed by atoms with Crippen molar-refractivity contribution in [2.75, 3.05) is 52.4 Å². The summed E-state index contributed by atoms with van der Waals surface area (Å²) < 4.78 is 18.9. The van der Waals surface area contributed by atoms with Gasteiger partial charge in [-0.25, -0.2) is 14.0 Å². The number of carbonyl (C=O) groups excluding carboxylic acids is 2. The zero-order valence-corrected chi connectivity index (χ0v) is 18.3. The topological polar surface area (TPSA) is 65.1 Å². The Morgan fingerprint density at radius 1 is 1.19 bits per heavy atom. The largest absolute Gasteiger partial charge is 0.463 e. The fraction of sp³-hybridized carbons (Fsp3) is 0.478. The minimum absolute atomic E-state index is 0.219. The number of halogens is 1. The smallest absolute Gasteiger partial charge is 0.338 e. The second-order valence-electron chi connectivity index (χ2n) is 7.62. The van der Waals surface area contributed by atoms with Crippen molar-refractivity contribution >= 4 is 12.0 Å². The molecule has 1 aromatic rings. The number of esters is 1. The summed E-state index contributed by atoms with van der Waals surface area (Å²) in [6.45, 7) is 13.2.